The molecule has 1 unspecified atom stereocenters. The second kappa shape index (κ2) is 7.85. The minimum absolute atomic E-state index is 0.0417. The molecule has 2 aliphatic heterocycles. The van der Waals surface area contributed by atoms with Gasteiger partial charge in [-0.25, -0.2) is 9.78 Å². The first-order valence-electron chi connectivity index (χ1n) is 12.0. The second-order valence-electron chi connectivity index (χ2n) is 9.86. The summed E-state index contributed by atoms with van der Waals surface area (Å²) in [6, 6.07) is 14.7. The number of aryl methyl sites for hydroxylation is 1. The fourth-order valence-electron chi connectivity index (χ4n) is 6.50. The average molecular weight is 447 g/mol. The van der Waals surface area contributed by atoms with Gasteiger partial charge in [0.15, 0.2) is 0 Å². The first-order valence-corrected chi connectivity index (χ1v) is 12.0. The number of nitrogens with zero attached hydrogens (tertiary/aromatic N) is 3. The monoisotopic (exact) mass is 446 g/mol. The fourth-order valence-corrected chi connectivity index (χ4v) is 6.50. The smallest absolute Gasteiger partial charge is 0.412 e. The van der Waals surface area contributed by atoms with Gasteiger partial charge in [-0.2, -0.15) is 0 Å². The van der Waals surface area contributed by atoms with Crippen molar-refractivity contribution >= 4 is 22.8 Å². The number of imidazole rings is 1. The van der Waals surface area contributed by atoms with Crippen LogP contribution in [0.25, 0.3) is 11.0 Å². The molecule has 1 aromatic heterocycles. The normalized spacial score (nSPS) is 28.8. The maximum atomic E-state index is 12.0. The van der Waals surface area contributed by atoms with Crippen LogP contribution >= 0.6 is 0 Å². The quantitative estimate of drug-likeness (QED) is 0.567. The molecule has 6 rings (SSSR count). The topological polar surface area (TPSA) is 90.6 Å². The Morgan fingerprint density at radius 3 is 2.73 bits per heavy atom. The summed E-state index contributed by atoms with van der Waals surface area (Å²) in [5.74, 6) is 1.67. The summed E-state index contributed by atoms with van der Waals surface area (Å²) >= 11 is 0. The van der Waals surface area contributed by atoms with E-state index < -0.39 is 12.3 Å². The van der Waals surface area contributed by atoms with Crippen LogP contribution in [0.3, 0.4) is 0 Å². The summed E-state index contributed by atoms with van der Waals surface area (Å²) in [6.45, 7) is 2.79. The first kappa shape index (κ1) is 20.7. The van der Waals surface area contributed by atoms with Crippen molar-refractivity contribution in [2.24, 2.45) is 11.8 Å². The van der Waals surface area contributed by atoms with Crippen LogP contribution in [0.15, 0.2) is 42.5 Å². The van der Waals surface area contributed by atoms with Crippen molar-refractivity contribution in [2.75, 3.05) is 11.4 Å². The minimum Gasteiger partial charge on any atom is -0.465 e. The van der Waals surface area contributed by atoms with Gasteiger partial charge in [-0.15, -0.1) is 0 Å². The maximum Gasteiger partial charge on any atom is 0.412 e. The van der Waals surface area contributed by atoms with E-state index in [4.69, 9.17) is 4.98 Å². The van der Waals surface area contributed by atoms with Gasteiger partial charge in [-0.05, 0) is 56.2 Å². The van der Waals surface area contributed by atoms with Crippen molar-refractivity contribution in [3.8, 4) is 0 Å². The molecule has 1 aliphatic carbocycles. The van der Waals surface area contributed by atoms with Crippen LogP contribution in [0.1, 0.15) is 49.2 Å². The summed E-state index contributed by atoms with van der Waals surface area (Å²) in [4.78, 5) is 18.7. The van der Waals surface area contributed by atoms with Gasteiger partial charge >= 0.3 is 6.09 Å². The molecule has 7 nitrogen and oxygen atoms in total. The highest BCUT2D eigenvalue weighted by Crippen LogP contribution is 2.47. The van der Waals surface area contributed by atoms with Crippen molar-refractivity contribution in [1.29, 1.82) is 0 Å². The lowest BCUT2D eigenvalue weighted by molar-refractivity contribution is 0.106. The molecule has 0 bridgehead atoms. The van der Waals surface area contributed by atoms with Gasteiger partial charge in [0.2, 0.25) is 0 Å². The third-order valence-electron chi connectivity index (χ3n) is 8.08. The van der Waals surface area contributed by atoms with E-state index in [0.29, 0.717) is 5.92 Å². The molecule has 1 saturated heterocycles. The number of nitrogens with one attached hydrogen (secondary N) is 1. The van der Waals surface area contributed by atoms with Crippen LogP contribution in [0.4, 0.5) is 10.5 Å². The fraction of sp³-hybridized carbons (Fsp3) is 0.462. The van der Waals surface area contributed by atoms with Crippen LogP contribution in [0.2, 0.25) is 0 Å². The number of hydrogen-bond donors (Lipinski definition) is 3. The lowest BCUT2D eigenvalue weighted by atomic mass is 9.94. The highest BCUT2D eigenvalue weighted by atomic mass is 16.4. The number of carboxylic acid groups (broad SMARTS) is 1. The number of carbonyl (C=O) groups is 1. The van der Waals surface area contributed by atoms with Crippen molar-refractivity contribution < 1.29 is 15.0 Å². The number of aliphatic hydroxyl groups is 1. The van der Waals surface area contributed by atoms with Gasteiger partial charge in [0.25, 0.3) is 0 Å². The number of aromatic nitrogens is 2. The minimum atomic E-state index is -0.906. The number of hydrogen-bond acceptors (Lipinski definition) is 4. The Kier molecular flexibility index (Phi) is 4.92. The lowest BCUT2D eigenvalue weighted by Gasteiger charge is -2.33. The average Bonchev–Trinajstić information content (AvgIpc) is 3.48. The largest absolute Gasteiger partial charge is 0.465 e. The van der Waals surface area contributed by atoms with E-state index in [1.54, 1.807) is 0 Å². The molecule has 3 heterocycles. The molecule has 1 saturated carbocycles. The number of rotatable bonds is 3. The summed E-state index contributed by atoms with van der Waals surface area (Å²) < 4.78 is 2.41. The van der Waals surface area contributed by atoms with Gasteiger partial charge in [-0.1, -0.05) is 30.3 Å². The summed E-state index contributed by atoms with van der Waals surface area (Å²) in [6.07, 6.45) is 3.05. The Morgan fingerprint density at radius 2 is 1.94 bits per heavy atom. The molecule has 7 heteroatoms. The van der Waals surface area contributed by atoms with Crippen LogP contribution in [0.5, 0.6) is 0 Å². The van der Waals surface area contributed by atoms with E-state index in [1.807, 2.05) is 19.1 Å². The molecule has 2 aromatic carbocycles. The summed E-state index contributed by atoms with van der Waals surface area (Å²) in [5, 5.41) is 23.5. The first-order chi connectivity index (χ1) is 16.0. The number of amides is 1. The van der Waals surface area contributed by atoms with Crippen LogP contribution in [-0.2, 0) is 12.8 Å². The van der Waals surface area contributed by atoms with E-state index in [1.165, 1.54) is 10.5 Å². The SMILES string of the molecule is C[C@H]1CCc2c(ccc3c2nc(Cc2ccccc2)n3[C@@H]2CC[C@@H]3C(O)NC[C@H]32)N1C(=O)O. The Bertz CT molecular complexity index is 1210. The Balaban J connectivity index is 1.52. The predicted octanol–water partition coefficient (Wildman–Crippen LogP) is 3.94. The molecule has 3 N–H and O–H groups in total. The zero-order valence-corrected chi connectivity index (χ0v) is 18.8. The molecular weight excluding hydrogens is 416 g/mol. The van der Waals surface area contributed by atoms with Crippen molar-refractivity contribution in [1.82, 2.24) is 14.9 Å². The second-order valence-corrected chi connectivity index (χ2v) is 9.86. The molecule has 33 heavy (non-hydrogen) atoms. The van der Waals surface area contributed by atoms with E-state index >= 15 is 0 Å². The zero-order valence-electron chi connectivity index (χ0n) is 18.8. The van der Waals surface area contributed by atoms with Gasteiger partial charge in [0.1, 0.15) is 12.1 Å². The van der Waals surface area contributed by atoms with E-state index in [0.717, 1.165) is 66.8 Å². The van der Waals surface area contributed by atoms with Gasteiger partial charge in [-0.3, -0.25) is 10.2 Å². The Hall–Kier alpha value is -2.90. The van der Waals surface area contributed by atoms with Gasteiger partial charge in [0, 0.05) is 36.5 Å². The number of aliphatic hydroxyl groups excluding tert-OH is 1. The number of anilines is 1. The van der Waals surface area contributed by atoms with Gasteiger partial charge in [0.05, 0.1) is 16.7 Å². The summed E-state index contributed by atoms with van der Waals surface area (Å²) in [5.41, 5.74) is 5.05. The van der Waals surface area contributed by atoms with E-state index in [-0.39, 0.29) is 18.0 Å². The number of fused-ring (bicyclic) bond motifs is 4. The molecule has 3 aromatic rings. The number of benzene rings is 2. The molecule has 1 amide bonds. The molecule has 0 radical (unpaired) electrons. The lowest BCUT2D eigenvalue weighted by Crippen LogP contribution is -2.41. The zero-order chi connectivity index (χ0) is 22.7. The van der Waals surface area contributed by atoms with Crippen molar-refractivity contribution in [2.45, 2.75) is 57.3 Å². The van der Waals surface area contributed by atoms with Crippen molar-refractivity contribution in [3.63, 3.8) is 0 Å². The predicted molar refractivity (Wildman–Crippen MR) is 127 cm³/mol. The highest BCUT2D eigenvalue weighted by Gasteiger charge is 2.46. The van der Waals surface area contributed by atoms with E-state index in [9.17, 15) is 15.0 Å². The third kappa shape index (κ3) is 3.25. The van der Waals surface area contributed by atoms with Crippen LogP contribution in [0, 0.1) is 11.8 Å². The summed E-state index contributed by atoms with van der Waals surface area (Å²) in [7, 11) is 0. The third-order valence-corrected chi connectivity index (χ3v) is 8.08. The Labute approximate surface area is 193 Å². The van der Waals surface area contributed by atoms with E-state index in [2.05, 4.69) is 40.2 Å². The molecular formula is C26H30N4O3. The highest BCUT2D eigenvalue weighted by molar-refractivity contribution is 5.94. The standard InChI is InChI=1S/C26H30N4O3/c1-15-7-8-18-20(29(15)26(32)33)11-12-22-24(18)28-23(13-16-5-3-2-4-6-16)30(22)21-10-9-17-19(21)14-27-25(17)31/h2-6,11-12,15,17,19,21,25,27,31H,7-10,13-14H2,1H3,(H,32,33)/t15-,17-,19+,21+,25?/m0/s1. The Morgan fingerprint density at radius 1 is 1.12 bits per heavy atom. The molecule has 2 fully saturated rings. The van der Waals surface area contributed by atoms with Crippen LogP contribution in [-0.4, -0.2) is 44.7 Å². The van der Waals surface area contributed by atoms with Crippen LogP contribution < -0.4 is 10.2 Å². The van der Waals surface area contributed by atoms with Crippen molar-refractivity contribution in [3.05, 3.63) is 59.4 Å². The van der Waals surface area contributed by atoms with Gasteiger partial charge < -0.3 is 14.8 Å². The molecule has 5 atom stereocenters. The molecule has 0 spiro atoms. The molecule has 3 aliphatic rings. The maximum absolute atomic E-state index is 12.0. The molecule has 172 valence electrons.